The van der Waals surface area contributed by atoms with Crippen LogP contribution in [0.2, 0.25) is 5.02 Å². The Bertz CT molecular complexity index is 709. The number of methoxy groups -OCH3 is 1. The van der Waals surface area contributed by atoms with Crippen molar-refractivity contribution in [1.82, 2.24) is 10.2 Å². The van der Waals surface area contributed by atoms with E-state index in [1.54, 1.807) is 7.11 Å². The van der Waals surface area contributed by atoms with Crippen LogP contribution in [0.4, 0.5) is 0 Å². The molecule has 0 aliphatic heterocycles. The van der Waals surface area contributed by atoms with Gasteiger partial charge in [0, 0.05) is 5.56 Å². The molecule has 3 rings (SSSR count). The van der Waals surface area contributed by atoms with Crippen molar-refractivity contribution >= 4 is 17.6 Å². The number of rotatable bonds is 3. The normalized spacial score (nSPS) is 13.8. The lowest BCUT2D eigenvalue weighted by atomic mass is 9.89. The lowest BCUT2D eigenvalue weighted by Gasteiger charge is -2.21. The summed E-state index contributed by atoms with van der Waals surface area (Å²) in [6.45, 7) is 0. The Balaban J connectivity index is 2.16. The van der Waals surface area contributed by atoms with E-state index in [0.717, 1.165) is 36.8 Å². The third-order valence-corrected chi connectivity index (χ3v) is 4.23. The molecule has 1 aliphatic carbocycles. The van der Waals surface area contributed by atoms with Crippen LogP contribution in [0.25, 0.3) is 11.3 Å². The molecule has 2 aromatic rings. The van der Waals surface area contributed by atoms with Crippen LogP contribution < -0.4 is 4.74 Å². The van der Waals surface area contributed by atoms with Crippen molar-refractivity contribution in [2.24, 2.45) is 0 Å². The van der Waals surface area contributed by atoms with E-state index in [0.29, 0.717) is 16.5 Å². The van der Waals surface area contributed by atoms with Gasteiger partial charge in [-0.3, -0.25) is 5.10 Å². The number of aryl methyl sites for hydroxylation is 1. The van der Waals surface area contributed by atoms with Crippen molar-refractivity contribution in [3.8, 4) is 17.0 Å². The minimum atomic E-state index is -1.04. The van der Waals surface area contributed by atoms with Gasteiger partial charge in [-0.05, 0) is 48.9 Å². The molecular weight excluding hydrogens is 292 g/mol. The monoisotopic (exact) mass is 306 g/mol. The Morgan fingerprint density at radius 2 is 2.14 bits per heavy atom. The van der Waals surface area contributed by atoms with Gasteiger partial charge in [-0.1, -0.05) is 11.6 Å². The van der Waals surface area contributed by atoms with Crippen molar-refractivity contribution in [2.45, 2.75) is 25.7 Å². The van der Waals surface area contributed by atoms with Crippen LogP contribution in [0, 0.1) is 0 Å². The van der Waals surface area contributed by atoms with Crippen LogP contribution in [-0.4, -0.2) is 28.4 Å². The fourth-order valence-electron chi connectivity index (χ4n) is 2.79. The van der Waals surface area contributed by atoms with Gasteiger partial charge in [0.25, 0.3) is 0 Å². The topological polar surface area (TPSA) is 75.2 Å². The molecule has 1 aliphatic rings. The highest BCUT2D eigenvalue weighted by Crippen LogP contribution is 2.42. The molecule has 0 bridgehead atoms. The van der Waals surface area contributed by atoms with E-state index in [9.17, 15) is 4.79 Å². The average molecular weight is 307 g/mol. The summed E-state index contributed by atoms with van der Waals surface area (Å²) in [6.07, 6.45) is 4.19. The third-order valence-electron chi connectivity index (χ3n) is 3.83. The number of hydrogen-bond acceptors (Lipinski definition) is 3. The van der Waals surface area contributed by atoms with Gasteiger partial charge >= 0.3 is 5.97 Å². The lowest BCUT2D eigenvalue weighted by Crippen LogP contribution is -2.05. The lowest BCUT2D eigenvalue weighted by molar-refractivity contribution is 0.0690. The van der Waals surface area contributed by atoms with Crippen molar-refractivity contribution in [3.63, 3.8) is 0 Å². The quantitative estimate of drug-likeness (QED) is 0.912. The molecule has 1 aromatic carbocycles. The van der Waals surface area contributed by atoms with Gasteiger partial charge in [-0.2, -0.15) is 5.10 Å². The number of benzene rings is 1. The number of carbonyl (C=O) groups is 1. The maximum absolute atomic E-state index is 11.0. The predicted molar refractivity (Wildman–Crippen MR) is 79.2 cm³/mol. The second-order valence-corrected chi connectivity index (χ2v) is 5.47. The summed E-state index contributed by atoms with van der Waals surface area (Å²) in [7, 11) is 1.56. The van der Waals surface area contributed by atoms with E-state index in [-0.39, 0.29) is 5.69 Å². The number of carboxylic acid groups (broad SMARTS) is 1. The number of aromatic nitrogens is 2. The summed E-state index contributed by atoms with van der Waals surface area (Å²) in [5.41, 5.74) is 3.63. The SMILES string of the molecule is COc1c(-c2cc(C(=O)O)[nH]n2)cc2c(c1Cl)CCCC2. The minimum absolute atomic E-state index is 0.0425. The number of halogens is 1. The Kier molecular flexibility index (Phi) is 3.59. The first-order chi connectivity index (χ1) is 10.1. The first-order valence-corrected chi connectivity index (χ1v) is 7.17. The number of nitrogens with zero attached hydrogens (tertiary/aromatic N) is 1. The van der Waals surface area contributed by atoms with E-state index < -0.39 is 5.97 Å². The molecule has 1 heterocycles. The Morgan fingerprint density at radius 3 is 2.81 bits per heavy atom. The molecule has 0 unspecified atom stereocenters. The smallest absolute Gasteiger partial charge is 0.353 e. The van der Waals surface area contributed by atoms with Crippen LogP contribution in [-0.2, 0) is 12.8 Å². The van der Waals surface area contributed by atoms with Crippen LogP contribution in [0.3, 0.4) is 0 Å². The van der Waals surface area contributed by atoms with Crippen molar-refractivity contribution < 1.29 is 14.6 Å². The first kappa shape index (κ1) is 13.9. The third kappa shape index (κ3) is 2.38. The van der Waals surface area contributed by atoms with E-state index in [1.165, 1.54) is 11.6 Å². The number of ether oxygens (including phenoxy) is 1. The fourth-order valence-corrected chi connectivity index (χ4v) is 3.19. The van der Waals surface area contributed by atoms with E-state index >= 15 is 0 Å². The standard InChI is InChI=1S/C15H15ClN2O3/c1-21-14-10(11-7-12(15(19)20)18-17-11)6-8-4-2-3-5-9(8)13(14)16/h6-7H,2-5H2,1H3,(H,17,18)(H,19,20). The number of carboxylic acids is 1. The number of aromatic carboxylic acids is 1. The number of hydrogen-bond donors (Lipinski definition) is 2. The molecule has 2 N–H and O–H groups in total. The van der Waals surface area contributed by atoms with Crippen molar-refractivity contribution in [3.05, 3.63) is 34.0 Å². The molecule has 0 saturated heterocycles. The van der Waals surface area contributed by atoms with Gasteiger partial charge in [0.15, 0.2) is 0 Å². The van der Waals surface area contributed by atoms with Crippen LogP contribution in [0.15, 0.2) is 12.1 Å². The Labute approximate surface area is 126 Å². The molecular formula is C15H15ClN2O3. The van der Waals surface area contributed by atoms with Crippen LogP contribution >= 0.6 is 11.6 Å². The summed E-state index contributed by atoms with van der Waals surface area (Å²) in [6, 6.07) is 3.51. The molecule has 0 saturated carbocycles. The fraction of sp³-hybridized carbons (Fsp3) is 0.333. The highest BCUT2D eigenvalue weighted by molar-refractivity contribution is 6.33. The van der Waals surface area contributed by atoms with Gasteiger partial charge in [-0.15, -0.1) is 0 Å². The van der Waals surface area contributed by atoms with Gasteiger partial charge in [0.1, 0.15) is 11.4 Å². The van der Waals surface area contributed by atoms with Crippen molar-refractivity contribution in [2.75, 3.05) is 7.11 Å². The highest BCUT2D eigenvalue weighted by Gasteiger charge is 2.22. The summed E-state index contributed by atoms with van der Waals surface area (Å²) >= 11 is 6.47. The van der Waals surface area contributed by atoms with Crippen LogP contribution in [0.5, 0.6) is 5.75 Å². The van der Waals surface area contributed by atoms with Gasteiger partial charge in [0.2, 0.25) is 0 Å². The summed E-state index contributed by atoms with van der Waals surface area (Å²) in [5.74, 6) is -0.488. The van der Waals surface area contributed by atoms with Gasteiger partial charge in [0.05, 0.1) is 17.8 Å². The van der Waals surface area contributed by atoms with Gasteiger partial charge < -0.3 is 9.84 Å². The van der Waals surface area contributed by atoms with Gasteiger partial charge in [-0.25, -0.2) is 4.79 Å². The second-order valence-electron chi connectivity index (χ2n) is 5.09. The predicted octanol–water partition coefficient (Wildman–Crippen LogP) is 3.32. The molecule has 0 spiro atoms. The maximum Gasteiger partial charge on any atom is 0.353 e. The molecule has 5 nitrogen and oxygen atoms in total. The molecule has 0 fully saturated rings. The first-order valence-electron chi connectivity index (χ1n) is 6.79. The molecule has 6 heteroatoms. The largest absolute Gasteiger partial charge is 0.494 e. The molecule has 110 valence electrons. The number of nitrogens with one attached hydrogen (secondary N) is 1. The van der Waals surface area contributed by atoms with Crippen LogP contribution in [0.1, 0.15) is 34.5 Å². The maximum atomic E-state index is 11.0. The number of aromatic amines is 1. The van der Waals surface area contributed by atoms with Crippen molar-refractivity contribution in [1.29, 1.82) is 0 Å². The highest BCUT2D eigenvalue weighted by atomic mass is 35.5. The number of H-pyrrole nitrogens is 1. The number of fused-ring (bicyclic) bond motifs is 1. The average Bonchev–Trinajstić information content (AvgIpc) is 2.97. The molecule has 21 heavy (non-hydrogen) atoms. The zero-order chi connectivity index (χ0) is 15.0. The zero-order valence-electron chi connectivity index (χ0n) is 11.6. The Hall–Kier alpha value is -2.01. The summed E-state index contributed by atoms with van der Waals surface area (Å²) in [4.78, 5) is 11.0. The molecule has 0 atom stereocenters. The van der Waals surface area contributed by atoms with E-state index in [4.69, 9.17) is 21.4 Å². The molecule has 1 aromatic heterocycles. The minimum Gasteiger partial charge on any atom is -0.494 e. The van der Waals surface area contributed by atoms with E-state index in [1.807, 2.05) is 6.07 Å². The van der Waals surface area contributed by atoms with E-state index in [2.05, 4.69) is 10.2 Å². The zero-order valence-corrected chi connectivity index (χ0v) is 12.3. The second kappa shape index (κ2) is 5.41. The summed E-state index contributed by atoms with van der Waals surface area (Å²) < 4.78 is 5.43. The molecule has 0 amide bonds. The Morgan fingerprint density at radius 1 is 1.38 bits per heavy atom. The molecule has 0 radical (unpaired) electrons. The summed E-state index contributed by atoms with van der Waals surface area (Å²) in [5, 5.41) is 16.2.